The number of terminal acetylenes is 1. The van der Waals surface area contributed by atoms with Crippen LogP contribution < -0.4 is 39.0 Å². The minimum Gasteiger partial charge on any atom is -1.00 e. The van der Waals surface area contributed by atoms with E-state index >= 15 is 0 Å². The fraction of sp³-hybridized carbons (Fsp3) is 0.500. The van der Waals surface area contributed by atoms with Crippen molar-refractivity contribution in [1.82, 2.24) is 54.7 Å². The van der Waals surface area contributed by atoms with Crippen LogP contribution >= 0.6 is 0 Å². The standard InChI is InChI=1S/C50H66N16O11.ClH/c1-2-24-75-26-28-77-29-27-76-25-15-53-48-54-49(63-20-16-61(17-21-63)46(73)42(11-13-44(69)70)65-32-40(57-59-65)38(51)30-34-3-7-36(67)8-4-34)56-50(55-48)64-22-18-62(19-23-64)47(74)43(12-14-45(71)72)66-33-41(58-60-66)39(52)31-35-5-9-37(68)10-6-35;/h1,3-10,32-33,38-39,42-43,67-68H,11-31,51-52H2,(H,69,70)(H,71,72)(H,53,54,55,56);1H/p-1/t38?,39?,42-,43-;/m0./s1. The van der Waals surface area contributed by atoms with Crippen molar-refractivity contribution in [2.75, 3.05) is 114 Å². The van der Waals surface area contributed by atoms with Crippen LogP contribution in [0, 0.1) is 12.3 Å². The number of aromatic nitrogens is 9. The summed E-state index contributed by atoms with van der Waals surface area (Å²) in [6.45, 7) is 4.60. The molecular formula is C50H66ClN16O11-. The molecule has 0 bridgehead atoms. The third-order valence-electron chi connectivity index (χ3n) is 12.9. The number of carbonyl (C=O) groups excluding carboxylic acids is 2. The summed E-state index contributed by atoms with van der Waals surface area (Å²) in [6, 6.07) is 10.2. The van der Waals surface area contributed by atoms with Gasteiger partial charge < -0.3 is 83.4 Å². The second-order valence-electron chi connectivity index (χ2n) is 18.4. The van der Waals surface area contributed by atoms with Crippen molar-refractivity contribution >= 4 is 41.6 Å². The zero-order chi connectivity index (χ0) is 54.7. The molecule has 2 saturated heterocycles. The first-order valence-electron chi connectivity index (χ1n) is 25.3. The number of carboxylic acids is 2. The lowest BCUT2D eigenvalue weighted by Crippen LogP contribution is -3.00. The van der Waals surface area contributed by atoms with Crippen LogP contribution in [0.25, 0.3) is 0 Å². The Hall–Kier alpha value is -7.74. The number of rotatable bonds is 29. The highest BCUT2D eigenvalue weighted by Gasteiger charge is 2.34. The van der Waals surface area contributed by atoms with E-state index in [-0.39, 0.29) is 100 Å². The van der Waals surface area contributed by atoms with Crippen molar-refractivity contribution in [3.05, 3.63) is 83.4 Å². The van der Waals surface area contributed by atoms with Gasteiger partial charge >= 0.3 is 11.9 Å². The predicted octanol–water partition coefficient (Wildman–Crippen LogP) is -2.44. The Morgan fingerprint density at radius 3 is 1.44 bits per heavy atom. The Morgan fingerprint density at radius 1 is 0.615 bits per heavy atom. The highest BCUT2D eigenvalue weighted by molar-refractivity contribution is 5.82. The number of ether oxygens (including phenoxy) is 3. The second kappa shape index (κ2) is 29.7. The molecule has 0 aliphatic carbocycles. The number of hydrogen-bond acceptors (Lipinski definition) is 21. The van der Waals surface area contributed by atoms with Crippen LogP contribution in [0.15, 0.2) is 60.9 Å². The SMILES string of the molecule is C#CCOCCOCCOCCNc1nc(N2CCN(C(=O)[C@H](CCC(=O)O)n3cc(C(N)Cc4ccc(O)cc4)nn3)CC2)nc(N2CCN(C(=O)[C@H](CCC(=O)O)n3cc(C(N)Cc4ccc(O)cc4)nn3)CC2)n1.[Cl-]. The highest BCUT2D eigenvalue weighted by Crippen LogP contribution is 2.26. The van der Waals surface area contributed by atoms with Gasteiger partial charge in [-0.1, -0.05) is 40.6 Å². The Balaban J connectivity index is 0.00000984. The van der Waals surface area contributed by atoms with Gasteiger partial charge in [0.15, 0.2) is 0 Å². The lowest BCUT2D eigenvalue weighted by molar-refractivity contribution is -0.140. The van der Waals surface area contributed by atoms with Gasteiger partial charge in [0.05, 0.1) is 68.9 Å². The van der Waals surface area contributed by atoms with Crippen molar-refractivity contribution < 1.29 is 66.2 Å². The third kappa shape index (κ3) is 17.4. The van der Waals surface area contributed by atoms with Gasteiger partial charge in [-0.15, -0.1) is 16.6 Å². The van der Waals surface area contributed by atoms with Gasteiger partial charge in [-0.05, 0) is 61.1 Å². The number of carbonyl (C=O) groups is 4. The van der Waals surface area contributed by atoms with E-state index in [0.29, 0.717) is 102 Å². The van der Waals surface area contributed by atoms with Gasteiger partial charge in [0.25, 0.3) is 0 Å². The molecule has 27 nitrogen and oxygen atoms in total. The van der Waals surface area contributed by atoms with E-state index in [2.05, 4.69) is 31.9 Å². The number of phenols is 2. The van der Waals surface area contributed by atoms with Crippen molar-refractivity contribution in [3.63, 3.8) is 0 Å². The van der Waals surface area contributed by atoms with Gasteiger partial charge in [0.2, 0.25) is 29.7 Å². The van der Waals surface area contributed by atoms with E-state index in [0.717, 1.165) is 11.1 Å². The monoisotopic (exact) mass is 1100 g/mol. The molecule has 420 valence electrons. The number of aliphatic carboxylic acids is 2. The summed E-state index contributed by atoms with van der Waals surface area (Å²) in [5, 5.41) is 58.7. The van der Waals surface area contributed by atoms with Crippen LogP contribution in [0.4, 0.5) is 17.8 Å². The maximum Gasteiger partial charge on any atom is 0.303 e. The largest absolute Gasteiger partial charge is 1.00 e. The molecule has 7 rings (SSSR count). The predicted molar refractivity (Wildman–Crippen MR) is 277 cm³/mol. The number of hydrogen-bond donors (Lipinski definition) is 7. The summed E-state index contributed by atoms with van der Waals surface area (Å²) in [7, 11) is 0. The normalized spacial score (nSPS) is 15.2. The zero-order valence-electron chi connectivity index (χ0n) is 43.0. The maximum absolute atomic E-state index is 14.2. The second-order valence-corrected chi connectivity index (χ2v) is 18.4. The number of nitrogens with two attached hydrogens (primary N) is 2. The Bertz CT molecular complexity index is 2580. The van der Waals surface area contributed by atoms with E-state index < -0.39 is 36.1 Å². The Morgan fingerprint density at radius 2 is 1.03 bits per heavy atom. The highest BCUT2D eigenvalue weighted by atomic mass is 35.5. The van der Waals surface area contributed by atoms with Gasteiger partial charge in [-0.2, -0.15) is 15.0 Å². The van der Waals surface area contributed by atoms with Crippen molar-refractivity contribution in [2.24, 2.45) is 11.5 Å². The molecule has 78 heavy (non-hydrogen) atoms. The van der Waals surface area contributed by atoms with Gasteiger partial charge in [-0.25, -0.2) is 9.36 Å². The number of benzene rings is 2. The first-order valence-corrected chi connectivity index (χ1v) is 25.3. The number of anilines is 3. The molecule has 5 heterocycles. The van der Waals surface area contributed by atoms with E-state index in [1.807, 2.05) is 9.80 Å². The number of phenolic OH excluding ortho intramolecular Hbond substituents is 2. The van der Waals surface area contributed by atoms with Crippen LogP contribution in [0.2, 0.25) is 0 Å². The van der Waals surface area contributed by atoms with Crippen molar-refractivity contribution in [1.29, 1.82) is 0 Å². The van der Waals surface area contributed by atoms with Crippen LogP contribution in [0.5, 0.6) is 11.5 Å². The molecule has 2 amide bonds. The number of aromatic hydroxyl groups is 2. The summed E-state index contributed by atoms with van der Waals surface area (Å²) >= 11 is 0. The molecule has 2 fully saturated rings. The molecule has 0 radical (unpaired) electrons. The molecule has 0 spiro atoms. The molecule has 28 heteroatoms. The first-order chi connectivity index (χ1) is 37.2. The number of carboxylic acid groups (broad SMARTS) is 2. The summed E-state index contributed by atoms with van der Waals surface area (Å²) in [5.74, 6) is 0.821. The average Bonchev–Trinajstić information content (AvgIpc) is 4.18. The van der Waals surface area contributed by atoms with Crippen molar-refractivity contribution in [2.45, 2.75) is 62.7 Å². The van der Waals surface area contributed by atoms with Gasteiger partial charge in [0.1, 0.15) is 30.2 Å². The van der Waals surface area contributed by atoms with E-state index in [9.17, 15) is 39.6 Å². The summed E-state index contributed by atoms with van der Waals surface area (Å²) in [6.07, 6.45) is 8.49. The topological polar surface area (TPSA) is 354 Å². The smallest absolute Gasteiger partial charge is 0.303 e. The quantitative estimate of drug-likeness (QED) is 0.0193. The van der Waals surface area contributed by atoms with Gasteiger partial charge in [-0.3, -0.25) is 19.2 Å². The fourth-order valence-corrected chi connectivity index (χ4v) is 8.66. The van der Waals surface area contributed by atoms with E-state index in [1.54, 1.807) is 70.7 Å². The van der Waals surface area contributed by atoms with Crippen LogP contribution in [-0.4, -0.2) is 197 Å². The molecule has 9 N–H and O–H groups in total. The molecule has 2 unspecified atom stereocenters. The Kier molecular flexibility index (Phi) is 22.6. The minimum absolute atomic E-state index is 0. The molecule has 2 aromatic carbocycles. The molecule has 0 saturated carbocycles. The summed E-state index contributed by atoms with van der Waals surface area (Å²) in [4.78, 5) is 73.5. The number of piperazine rings is 2. The summed E-state index contributed by atoms with van der Waals surface area (Å²) in [5.41, 5.74) is 15.5. The zero-order valence-corrected chi connectivity index (χ0v) is 43.8. The number of nitrogens with one attached hydrogen (secondary N) is 1. The lowest BCUT2D eigenvalue weighted by atomic mass is 10.0. The first kappa shape index (κ1) is 59.5. The van der Waals surface area contributed by atoms with Gasteiger partial charge in [0, 0.05) is 71.7 Å². The van der Waals surface area contributed by atoms with Crippen molar-refractivity contribution in [3.8, 4) is 23.8 Å². The third-order valence-corrected chi connectivity index (χ3v) is 12.9. The van der Waals surface area contributed by atoms with E-state index in [4.69, 9.17) is 47.1 Å². The Labute approximate surface area is 456 Å². The minimum atomic E-state index is -1.07. The lowest BCUT2D eigenvalue weighted by Gasteiger charge is -2.38. The van der Waals surface area contributed by atoms with E-state index in [1.165, 1.54) is 9.36 Å². The molecule has 3 aromatic heterocycles. The molecule has 4 atom stereocenters. The fourth-order valence-electron chi connectivity index (χ4n) is 8.66. The number of halogens is 1. The molecular weight excluding hydrogens is 1040 g/mol. The maximum atomic E-state index is 14.2. The summed E-state index contributed by atoms with van der Waals surface area (Å²) < 4.78 is 19.2. The molecule has 5 aromatic rings. The van der Waals surface area contributed by atoms with Crippen LogP contribution in [-0.2, 0) is 46.2 Å². The van der Waals surface area contributed by atoms with Crippen LogP contribution in [0.3, 0.4) is 0 Å². The molecule has 2 aliphatic rings. The number of amides is 2. The number of nitrogens with zero attached hydrogens (tertiary/aromatic N) is 13. The van der Waals surface area contributed by atoms with Crippen LogP contribution in [0.1, 0.15) is 72.4 Å². The molecule has 2 aliphatic heterocycles. The average molecular weight is 1100 g/mol.